The van der Waals surface area contributed by atoms with Gasteiger partial charge < -0.3 is 16.6 Å². The summed E-state index contributed by atoms with van der Waals surface area (Å²) >= 11 is 0. The molecule has 4 rings (SSSR count). The smallest absolute Gasteiger partial charge is 0.248 e. The molecule has 4 heteroatoms. The number of amides is 1. The molecule has 150 valence electrons. The van der Waals surface area contributed by atoms with Crippen LogP contribution in [0.4, 0.5) is 0 Å². The van der Waals surface area contributed by atoms with Crippen LogP contribution in [-0.4, -0.2) is 23.7 Å². The highest BCUT2D eigenvalue weighted by molar-refractivity contribution is 5.93. The minimum atomic E-state index is -0.366. The zero-order valence-electron chi connectivity index (χ0n) is 16.9. The Kier molecular flexibility index (Phi) is 6.27. The van der Waals surface area contributed by atoms with E-state index in [1.54, 1.807) is 0 Å². The van der Waals surface area contributed by atoms with Gasteiger partial charge >= 0.3 is 0 Å². The number of aliphatic hydroxyl groups excluding tert-OH is 1. The van der Waals surface area contributed by atoms with Gasteiger partial charge in [-0.05, 0) is 93.0 Å². The highest BCUT2D eigenvalue weighted by Crippen LogP contribution is 2.54. The van der Waals surface area contributed by atoms with Crippen molar-refractivity contribution in [2.45, 2.75) is 76.7 Å². The largest absolute Gasteiger partial charge is 0.393 e. The summed E-state index contributed by atoms with van der Waals surface area (Å²) < 4.78 is 0. The Balaban J connectivity index is 0.000000364. The molecular weight excluding hydrogens is 336 g/mol. The van der Waals surface area contributed by atoms with Crippen LogP contribution in [0.2, 0.25) is 0 Å². The summed E-state index contributed by atoms with van der Waals surface area (Å²) in [6.45, 7) is 5.38. The van der Waals surface area contributed by atoms with Crippen LogP contribution < -0.4 is 11.5 Å². The number of benzene rings is 1. The van der Waals surface area contributed by atoms with E-state index in [-0.39, 0.29) is 17.4 Å². The average molecular weight is 373 g/mol. The molecule has 0 aromatic heterocycles. The predicted octanol–water partition coefficient (Wildman–Crippen LogP) is 3.67. The third-order valence-corrected chi connectivity index (χ3v) is 7.18. The second kappa shape index (κ2) is 8.32. The maximum absolute atomic E-state index is 11.6. The van der Waals surface area contributed by atoms with Gasteiger partial charge in [0.25, 0.3) is 0 Å². The molecule has 1 amide bonds. The van der Waals surface area contributed by atoms with Crippen LogP contribution in [0.5, 0.6) is 0 Å². The Morgan fingerprint density at radius 3 is 2.56 bits per heavy atom. The van der Waals surface area contributed by atoms with E-state index in [1.807, 2.05) is 18.2 Å². The molecule has 27 heavy (non-hydrogen) atoms. The first-order valence-electron chi connectivity index (χ1n) is 10.7. The van der Waals surface area contributed by atoms with E-state index >= 15 is 0 Å². The van der Waals surface area contributed by atoms with Crippen molar-refractivity contribution < 1.29 is 9.90 Å². The molecule has 3 fully saturated rings. The normalized spacial score (nSPS) is 32.8. The fraction of sp³-hybridized carbons (Fsp3) is 0.696. The van der Waals surface area contributed by atoms with Crippen LogP contribution in [0.3, 0.4) is 0 Å². The molecule has 4 atom stereocenters. The molecule has 0 saturated heterocycles. The molecule has 4 nitrogen and oxygen atoms in total. The monoisotopic (exact) mass is 372 g/mol. The standard InChI is InChI=1S/C19H27NO2.C4H9N/c1-12-4-3-9-19(11-15(21)7-8-16(12)19)17-10-14(18(20)22)6-5-13(17)2;5-3-4-1-2-4/h5-6,10,12,15-16,21H,3-4,7-9,11H2,1-2H3,(H2,20,22);4H,1-3,5H2/t12-,15-,16?,19-;/m0./s1. The van der Waals surface area contributed by atoms with Gasteiger partial charge in [0.15, 0.2) is 0 Å². The van der Waals surface area contributed by atoms with Crippen molar-refractivity contribution in [1.29, 1.82) is 0 Å². The van der Waals surface area contributed by atoms with Gasteiger partial charge in [-0.25, -0.2) is 0 Å². The number of carbonyl (C=O) groups excluding carboxylic acids is 1. The lowest BCUT2D eigenvalue weighted by molar-refractivity contribution is 0.000344. The van der Waals surface area contributed by atoms with E-state index in [4.69, 9.17) is 11.5 Å². The van der Waals surface area contributed by atoms with Crippen molar-refractivity contribution in [3.8, 4) is 0 Å². The molecule has 3 aliphatic carbocycles. The van der Waals surface area contributed by atoms with Gasteiger partial charge in [-0.1, -0.05) is 25.8 Å². The number of hydrogen-bond donors (Lipinski definition) is 3. The van der Waals surface area contributed by atoms with Gasteiger partial charge in [0.1, 0.15) is 0 Å². The topological polar surface area (TPSA) is 89.3 Å². The molecule has 3 saturated carbocycles. The molecular formula is C23H36N2O2. The van der Waals surface area contributed by atoms with E-state index in [0.717, 1.165) is 38.1 Å². The fourth-order valence-corrected chi connectivity index (χ4v) is 5.49. The summed E-state index contributed by atoms with van der Waals surface area (Å²) in [5, 5.41) is 10.3. The molecule has 0 bridgehead atoms. The molecule has 1 unspecified atom stereocenters. The van der Waals surface area contributed by atoms with Crippen molar-refractivity contribution in [2.75, 3.05) is 6.54 Å². The lowest BCUT2D eigenvalue weighted by Crippen LogP contribution is -2.48. The minimum absolute atomic E-state index is 0.0187. The first kappa shape index (κ1) is 20.3. The van der Waals surface area contributed by atoms with Gasteiger partial charge in [-0.2, -0.15) is 0 Å². The first-order valence-corrected chi connectivity index (χ1v) is 10.7. The number of fused-ring (bicyclic) bond motifs is 1. The van der Waals surface area contributed by atoms with E-state index in [2.05, 4.69) is 13.8 Å². The van der Waals surface area contributed by atoms with Gasteiger partial charge in [0.05, 0.1) is 6.10 Å². The zero-order chi connectivity index (χ0) is 19.6. The van der Waals surface area contributed by atoms with Crippen LogP contribution in [-0.2, 0) is 5.41 Å². The highest BCUT2D eigenvalue weighted by atomic mass is 16.3. The summed E-state index contributed by atoms with van der Waals surface area (Å²) in [5.74, 6) is 1.83. The molecule has 0 heterocycles. The number of hydrogen-bond acceptors (Lipinski definition) is 3. The average Bonchev–Trinajstić information content (AvgIpc) is 3.46. The summed E-state index contributed by atoms with van der Waals surface area (Å²) in [7, 11) is 0. The first-order chi connectivity index (χ1) is 12.9. The maximum atomic E-state index is 11.6. The molecule has 5 N–H and O–H groups in total. The second-order valence-corrected chi connectivity index (χ2v) is 9.14. The summed E-state index contributed by atoms with van der Waals surface area (Å²) in [4.78, 5) is 11.6. The Labute approximate surface area is 163 Å². The van der Waals surface area contributed by atoms with Crippen molar-refractivity contribution in [3.63, 3.8) is 0 Å². The van der Waals surface area contributed by atoms with E-state index in [1.165, 1.54) is 36.8 Å². The third kappa shape index (κ3) is 4.38. The molecule has 3 aliphatic rings. The Hall–Kier alpha value is -1.39. The zero-order valence-corrected chi connectivity index (χ0v) is 16.9. The van der Waals surface area contributed by atoms with Gasteiger partial charge in [0, 0.05) is 11.0 Å². The number of aryl methyl sites for hydroxylation is 1. The number of rotatable bonds is 3. The van der Waals surface area contributed by atoms with Gasteiger partial charge in [-0.3, -0.25) is 4.79 Å². The van der Waals surface area contributed by atoms with Gasteiger partial charge in [-0.15, -0.1) is 0 Å². The second-order valence-electron chi connectivity index (χ2n) is 9.14. The van der Waals surface area contributed by atoms with E-state index < -0.39 is 0 Å². The number of primary amides is 1. The fourth-order valence-electron chi connectivity index (χ4n) is 5.49. The Morgan fingerprint density at radius 2 is 1.96 bits per heavy atom. The minimum Gasteiger partial charge on any atom is -0.393 e. The Bertz CT molecular complexity index is 670. The van der Waals surface area contributed by atoms with Crippen molar-refractivity contribution in [2.24, 2.45) is 29.2 Å². The van der Waals surface area contributed by atoms with Crippen LogP contribution in [0.15, 0.2) is 18.2 Å². The van der Waals surface area contributed by atoms with Crippen LogP contribution in [0, 0.1) is 24.7 Å². The predicted molar refractivity (Wildman–Crippen MR) is 110 cm³/mol. The molecule has 1 aromatic carbocycles. The summed E-state index contributed by atoms with van der Waals surface area (Å²) in [6.07, 6.45) is 8.95. The number of aliphatic hydroxyl groups is 1. The quantitative estimate of drug-likeness (QED) is 0.756. The van der Waals surface area contributed by atoms with Crippen molar-refractivity contribution >= 4 is 5.91 Å². The van der Waals surface area contributed by atoms with Crippen LogP contribution >= 0.6 is 0 Å². The summed E-state index contributed by atoms with van der Waals surface area (Å²) in [6, 6.07) is 5.83. The van der Waals surface area contributed by atoms with Crippen molar-refractivity contribution in [3.05, 3.63) is 34.9 Å². The van der Waals surface area contributed by atoms with Gasteiger partial charge in [0.2, 0.25) is 5.91 Å². The maximum Gasteiger partial charge on any atom is 0.248 e. The molecule has 1 aromatic rings. The molecule has 0 spiro atoms. The highest BCUT2D eigenvalue weighted by Gasteiger charge is 2.49. The lowest BCUT2D eigenvalue weighted by atomic mass is 9.52. The number of nitrogens with two attached hydrogens (primary N) is 2. The lowest BCUT2D eigenvalue weighted by Gasteiger charge is -2.52. The summed E-state index contributed by atoms with van der Waals surface area (Å²) in [5.41, 5.74) is 13.8. The third-order valence-electron chi connectivity index (χ3n) is 7.18. The molecule has 0 radical (unpaired) electrons. The van der Waals surface area contributed by atoms with E-state index in [9.17, 15) is 9.90 Å². The Morgan fingerprint density at radius 1 is 1.22 bits per heavy atom. The van der Waals surface area contributed by atoms with Crippen LogP contribution in [0.1, 0.15) is 79.8 Å². The van der Waals surface area contributed by atoms with E-state index in [0.29, 0.717) is 17.4 Å². The van der Waals surface area contributed by atoms with Crippen molar-refractivity contribution in [1.82, 2.24) is 0 Å². The SMILES string of the molecule is Cc1ccc(C(N)=O)cc1[C@]12CCC[C@H](C)C1CC[C@H](O)C2.NCC1CC1. The van der Waals surface area contributed by atoms with Crippen LogP contribution in [0.25, 0.3) is 0 Å². The molecule has 0 aliphatic heterocycles. The number of carbonyl (C=O) groups is 1.